The largest absolute Gasteiger partial charge is 0.368 e. The zero-order chi connectivity index (χ0) is 19.5. The van der Waals surface area contributed by atoms with Crippen LogP contribution in [-0.2, 0) is 4.79 Å². The van der Waals surface area contributed by atoms with Crippen molar-refractivity contribution >= 4 is 17.3 Å². The van der Waals surface area contributed by atoms with Crippen molar-refractivity contribution in [1.82, 2.24) is 15.8 Å². The lowest BCUT2D eigenvalue weighted by Gasteiger charge is -2.37. The smallest absolute Gasteiger partial charge is 0.269 e. The van der Waals surface area contributed by atoms with E-state index in [9.17, 15) is 14.9 Å². The summed E-state index contributed by atoms with van der Waals surface area (Å²) in [6.07, 6.45) is 0. The van der Waals surface area contributed by atoms with Crippen molar-refractivity contribution in [3.8, 4) is 0 Å². The summed E-state index contributed by atoms with van der Waals surface area (Å²) in [4.78, 5) is 27.6. The molecule has 2 fully saturated rings. The van der Waals surface area contributed by atoms with Crippen molar-refractivity contribution in [3.05, 3.63) is 70.3 Å². The lowest BCUT2D eigenvalue weighted by Crippen LogP contribution is -2.51. The van der Waals surface area contributed by atoms with Crippen molar-refractivity contribution in [2.75, 3.05) is 37.6 Å². The fourth-order valence-corrected chi connectivity index (χ4v) is 3.91. The summed E-state index contributed by atoms with van der Waals surface area (Å²) in [6.45, 7) is 3.34. The number of hydrogen-bond acceptors (Lipinski definition) is 6. The summed E-state index contributed by atoms with van der Waals surface area (Å²) in [7, 11) is 0. The fourth-order valence-electron chi connectivity index (χ4n) is 3.91. The molecule has 0 spiro atoms. The van der Waals surface area contributed by atoms with Crippen LogP contribution in [0.4, 0.5) is 11.4 Å². The minimum atomic E-state index is -0.396. The van der Waals surface area contributed by atoms with Crippen LogP contribution in [0.25, 0.3) is 0 Å². The summed E-state index contributed by atoms with van der Waals surface area (Å²) in [5.74, 6) is 0.0306. The predicted octanol–water partition coefficient (Wildman–Crippen LogP) is 1.71. The molecule has 2 unspecified atom stereocenters. The summed E-state index contributed by atoms with van der Waals surface area (Å²) >= 11 is 0. The summed E-state index contributed by atoms with van der Waals surface area (Å²) in [5, 5.41) is 10.8. The van der Waals surface area contributed by atoms with E-state index >= 15 is 0 Å². The van der Waals surface area contributed by atoms with Gasteiger partial charge in [0.2, 0.25) is 5.91 Å². The van der Waals surface area contributed by atoms with Gasteiger partial charge in [-0.25, -0.2) is 5.43 Å². The zero-order valence-electron chi connectivity index (χ0n) is 15.5. The number of nitro benzene ring substituents is 1. The number of carbonyl (C=O) groups is 1. The summed E-state index contributed by atoms with van der Waals surface area (Å²) < 4.78 is 0. The quantitative estimate of drug-likeness (QED) is 0.619. The van der Waals surface area contributed by atoms with Gasteiger partial charge in [-0.05, 0) is 17.7 Å². The third-order valence-corrected chi connectivity index (χ3v) is 5.47. The molecular formula is C20H23N5O3. The number of carbonyl (C=O) groups excluding carboxylic acids is 1. The highest BCUT2D eigenvalue weighted by Crippen LogP contribution is 2.27. The molecule has 0 aliphatic carbocycles. The van der Waals surface area contributed by atoms with E-state index in [0.29, 0.717) is 32.7 Å². The Hall–Kier alpha value is -2.97. The second-order valence-electron chi connectivity index (χ2n) is 7.11. The number of non-ortho nitro benzene ring substituents is 1. The molecule has 0 radical (unpaired) electrons. The third kappa shape index (κ3) is 3.69. The van der Waals surface area contributed by atoms with Crippen LogP contribution in [0.3, 0.4) is 0 Å². The first-order valence-electron chi connectivity index (χ1n) is 9.45. The predicted molar refractivity (Wildman–Crippen MR) is 106 cm³/mol. The zero-order valence-corrected chi connectivity index (χ0v) is 15.5. The molecule has 1 amide bonds. The van der Waals surface area contributed by atoms with Gasteiger partial charge in [-0.2, -0.15) is 0 Å². The van der Waals surface area contributed by atoms with Crippen LogP contribution < -0.4 is 15.8 Å². The first-order chi connectivity index (χ1) is 13.6. The van der Waals surface area contributed by atoms with E-state index in [1.54, 1.807) is 12.1 Å². The molecule has 2 aromatic rings. The maximum absolute atomic E-state index is 13.1. The average molecular weight is 381 g/mol. The van der Waals surface area contributed by atoms with E-state index in [2.05, 4.69) is 15.8 Å². The maximum atomic E-state index is 13.1. The molecule has 0 saturated carbocycles. The van der Waals surface area contributed by atoms with Gasteiger partial charge in [-0.15, -0.1) is 0 Å². The van der Waals surface area contributed by atoms with E-state index in [4.69, 9.17) is 0 Å². The Morgan fingerprint density at radius 1 is 1.00 bits per heavy atom. The molecule has 8 nitrogen and oxygen atoms in total. The second-order valence-corrected chi connectivity index (χ2v) is 7.11. The van der Waals surface area contributed by atoms with Gasteiger partial charge < -0.3 is 9.80 Å². The number of nitrogens with zero attached hydrogens (tertiary/aromatic N) is 3. The van der Waals surface area contributed by atoms with Crippen LogP contribution in [0.1, 0.15) is 11.6 Å². The third-order valence-electron chi connectivity index (χ3n) is 5.47. The van der Waals surface area contributed by atoms with Gasteiger partial charge in [0.15, 0.2) is 0 Å². The van der Waals surface area contributed by atoms with E-state index in [-0.39, 0.29) is 23.6 Å². The molecule has 2 aliphatic rings. The van der Waals surface area contributed by atoms with Crippen LogP contribution in [-0.4, -0.2) is 48.5 Å². The van der Waals surface area contributed by atoms with Crippen LogP contribution in [0.15, 0.2) is 54.6 Å². The number of rotatable bonds is 4. The molecule has 146 valence electrons. The van der Waals surface area contributed by atoms with Crippen molar-refractivity contribution in [3.63, 3.8) is 0 Å². The lowest BCUT2D eigenvalue weighted by atomic mass is 9.93. The van der Waals surface area contributed by atoms with Gasteiger partial charge in [0.1, 0.15) is 0 Å². The topological polar surface area (TPSA) is 90.8 Å². The second kappa shape index (κ2) is 7.95. The van der Waals surface area contributed by atoms with Gasteiger partial charge in [0.05, 0.1) is 16.9 Å². The molecule has 2 aromatic carbocycles. The standard InChI is InChI=1S/C20H23N5O3/c26-20(18-14-21-22-19(18)15-4-2-1-3-5-15)24-12-10-23(11-13-24)16-6-8-17(9-7-16)25(27)28/h1-9,18-19,21-22H,10-14H2. The highest BCUT2D eigenvalue weighted by Gasteiger charge is 2.37. The highest BCUT2D eigenvalue weighted by atomic mass is 16.6. The van der Waals surface area contributed by atoms with Crippen LogP contribution in [0, 0.1) is 16.0 Å². The Kier molecular flexibility index (Phi) is 5.23. The molecule has 4 rings (SSSR count). The highest BCUT2D eigenvalue weighted by molar-refractivity contribution is 5.80. The van der Waals surface area contributed by atoms with Crippen LogP contribution in [0.2, 0.25) is 0 Å². The Balaban J connectivity index is 1.38. The molecule has 2 N–H and O–H groups in total. The number of anilines is 1. The Morgan fingerprint density at radius 2 is 1.68 bits per heavy atom. The van der Waals surface area contributed by atoms with E-state index in [1.807, 2.05) is 35.2 Å². The number of nitrogens with one attached hydrogen (secondary N) is 2. The van der Waals surface area contributed by atoms with Crippen LogP contribution >= 0.6 is 0 Å². The number of hydrazine groups is 1. The SMILES string of the molecule is O=C(C1CNNC1c1ccccc1)N1CCN(c2ccc([N+](=O)[O-])cc2)CC1. The number of hydrogen-bond donors (Lipinski definition) is 2. The molecule has 8 heteroatoms. The molecular weight excluding hydrogens is 358 g/mol. The number of piperazine rings is 1. The van der Waals surface area contributed by atoms with Crippen molar-refractivity contribution in [1.29, 1.82) is 0 Å². The summed E-state index contributed by atoms with van der Waals surface area (Å²) in [5.41, 5.74) is 8.50. The average Bonchev–Trinajstić information content (AvgIpc) is 3.24. The molecule has 2 saturated heterocycles. The molecule has 2 atom stereocenters. The van der Waals surface area contributed by atoms with E-state index < -0.39 is 4.92 Å². The fraction of sp³-hybridized carbons (Fsp3) is 0.350. The molecule has 0 bridgehead atoms. The first-order valence-corrected chi connectivity index (χ1v) is 9.45. The van der Waals surface area contributed by atoms with Gasteiger partial charge in [-0.3, -0.25) is 20.3 Å². The number of amides is 1. The Bertz CT molecular complexity index is 835. The monoisotopic (exact) mass is 381 g/mol. The Morgan fingerprint density at radius 3 is 2.32 bits per heavy atom. The number of benzene rings is 2. The van der Waals surface area contributed by atoms with E-state index in [1.165, 1.54) is 12.1 Å². The normalized spacial score (nSPS) is 22.3. The molecule has 28 heavy (non-hydrogen) atoms. The first kappa shape index (κ1) is 18.4. The minimum Gasteiger partial charge on any atom is -0.368 e. The van der Waals surface area contributed by atoms with Crippen LogP contribution in [0.5, 0.6) is 0 Å². The Labute approximate surface area is 163 Å². The van der Waals surface area contributed by atoms with Gasteiger partial charge in [-0.1, -0.05) is 30.3 Å². The van der Waals surface area contributed by atoms with Gasteiger partial charge in [0.25, 0.3) is 5.69 Å². The molecule has 2 aliphatic heterocycles. The van der Waals surface area contributed by atoms with Crippen molar-refractivity contribution in [2.45, 2.75) is 6.04 Å². The van der Waals surface area contributed by atoms with Crippen molar-refractivity contribution < 1.29 is 9.72 Å². The maximum Gasteiger partial charge on any atom is 0.269 e. The van der Waals surface area contributed by atoms with Gasteiger partial charge >= 0.3 is 0 Å². The lowest BCUT2D eigenvalue weighted by molar-refractivity contribution is -0.384. The molecule has 0 aromatic heterocycles. The van der Waals surface area contributed by atoms with Crippen molar-refractivity contribution in [2.24, 2.45) is 5.92 Å². The number of nitro groups is 1. The van der Waals surface area contributed by atoms with Gasteiger partial charge in [0, 0.05) is 50.5 Å². The minimum absolute atomic E-state index is 0.0265. The van der Waals surface area contributed by atoms with E-state index in [0.717, 1.165) is 11.3 Å². The molecule has 2 heterocycles. The summed E-state index contributed by atoms with van der Waals surface area (Å²) in [6, 6.07) is 16.6.